The van der Waals surface area contributed by atoms with Gasteiger partial charge in [0.25, 0.3) is 0 Å². The Hall–Kier alpha value is -3.41. The van der Waals surface area contributed by atoms with Crippen LogP contribution in [0.5, 0.6) is 0 Å². The molecule has 0 saturated heterocycles. The second kappa shape index (κ2) is 6.39. The third kappa shape index (κ3) is 2.99. The van der Waals surface area contributed by atoms with Gasteiger partial charge in [-0.2, -0.15) is 0 Å². The summed E-state index contributed by atoms with van der Waals surface area (Å²) < 4.78 is 4.14. The van der Waals surface area contributed by atoms with Crippen LogP contribution >= 0.6 is 0 Å². The predicted octanol–water partition coefficient (Wildman–Crippen LogP) is 2.62. The van der Waals surface area contributed by atoms with Crippen molar-refractivity contribution in [3.63, 3.8) is 0 Å². The van der Waals surface area contributed by atoms with Gasteiger partial charge in [0.05, 0.1) is 6.54 Å². The van der Waals surface area contributed by atoms with E-state index >= 15 is 0 Å². The van der Waals surface area contributed by atoms with E-state index in [0.29, 0.717) is 6.54 Å². The number of rotatable bonds is 3. The number of benzene rings is 2. The van der Waals surface area contributed by atoms with Crippen LogP contribution in [0.25, 0.3) is 11.3 Å². The third-order valence-electron chi connectivity index (χ3n) is 4.87. The zero-order valence-corrected chi connectivity index (χ0v) is 15.5. The summed E-state index contributed by atoms with van der Waals surface area (Å²) in [6.45, 7) is 6.36. The first-order valence-electron chi connectivity index (χ1n) is 8.78. The van der Waals surface area contributed by atoms with Crippen LogP contribution in [0.2, 0.25) is 0 Å². The number of aromatic nitrogens is 4. The first kappa shape index (κ1) is 17.0. The van der Waals surface area contributed by atoms with Crippen molar-refractivity contribution in [2.45, 2.75) is 27.3 Å². The van der Waals surface area contributed by atoms with Gasteiger partial charge >= 0.3 is 11.2 Å². The Kier molecular flexibility index (Phi) is 4.03. The highest BCUT2D eigenvalue weighted by Gasteiger charge is 2.13. The quantitative estimate of drug-likeness (QED) is 0.564. The highest BCUT2D eigenvalue weighted by Crippen LogP contribution is 2.12. The molecule has 0 N–H and O–H groups in total. The Balaban J connectivity index is 1.81. The number of fused-ring (bicyclic) bond motifs is 1. The van der Waals surface area contributed by atoms with Gasteiger partial charge in [-0.05, 0) is 49.6 Å². The molecule has 0 amide bonds. The SMILES string of the molecule is Cc1ccc(Cn2nc3c(=O)n(-c4ccc(C)c(C)c4)ccn3c2=O)cc1. The molecule has 0 radical (unpaired) electrons. The number of aryl methyl sites for hydroxylation is 3. The van der Waals surface area contributed by atoms with Crippen molar-refractivity contribution in [1.82, 2.24) is 18.7 Å². The highest BCUT2D eigenvalue weighted by atomic mass is 16.2. The Bertz CT molecular complexity index is 1260. The summed E-state index contributed by atoms with van der Waals surface area (Å²) in [5.74, 6) is 0. The van der Waals surface area contributed by atoms with E-state index in [0.717, 1.165) is 27.9 Å². The van der Waals surface area contributed by atoms with Gasteiger partial charge in [0.2, 0.25) is 5.65 Å². The number of hydrogen-bond acceptors (Lipinski definition) is 3. The zero-order chi connectivity index (χ0) is 19.1. The van der Waals surface area contributed by atoms with E-state index in [1.807, 2.05) is 63.2 Å². The second-order valence-electron chi connectivity index (χ2n) is 6.86. The monoisotopic (exact) mass is 360 g/mol. The molecule has 2 heterocycles. The fourth-order valence-corrected chi connectivity index (χ4v) is 3.06. The van der Waals surface area contributed by atoms with Crippen molar-refractivity contribution < 1.29 is 0 Å². The standard InChI is InChI=1S/C21H20N4O2/c1-14-4-7-17(8-5-14)13-25-21(27)24-11-10-23(20(26)19(24)22-25)18-9-6-15(2)16(3)12-18/h4-12H,13H2,1-3H3. The van der Waals surface area contributed by atoms with E-state index in [-0.39, 0.29) is 16.9 Å². The summed E-state index contributed by atoms with van der Waals surface area (Å²) in [5, 5.41) is 4.29. The molecular formula is C21H20N4O2. The Morgan fingerprint density at radius 2 is 1.63 bits per heavy atom. The molecule has 0 aliphatic carbocycles. The molecular weight excluding hydrogens is 340 g/mol. The molecule has 0 fully saturated rings. The molecule has 0 spiro atoms. The lowest BCUT2D eigenvalue weighted by atomic mass is 10.1. The summed E-state index contributed by atoms with van der Waals surface area (Å²) in [5.41, 5.74) is 4.60. The van der Waals surface area contributed by atoms with Crippen molar-refractivity contribution in [1.29, 1.82) is 0 Å². The molecule has 4 rings (SSSR count). The molecule has 27 heavy (non-hydrogen) atoms. The van der Waals surface area contributed by atoms with E-state index in [9.17, 15) is 9.59 Å². The molecule has 0 atom stereocenters. The molecule has 0 aliphatic heterocycles. The Labute approximate surface area is 155 Å². The smallest absolute Gasteiger partial charge is 0.280 e. The van der Waals surface area contributed by atoms with Gasteiger partial charge < -0.3 is 0 Å². The lowest BCUT2D eigenvalue weighted by Crippen LogP contribution is -2.24. The van der Waals surface area contributed by atoms with E-state index in [1.54, 1.807) is 12.4 Å². The first-order valence-corrected chi connectivity index (χ1v) is 8.78. The molecule has 0 saturated carbocycles. The summed E-state index contributed by atoms with van der Waals surface area (Å²) >= 11 is 0. The minimum absolute atomic E-state index is 0.118. The van der Waals surface area contributed by atoms with Crippen molar-refractivity contribution in [2.75, 3.05) is 0 Å². The van der Waals surface area contributed by atoms with Crippen molar-refractivity contribution in [3.05, 3.63) is 98.0 Å². The zero-order valence-electron chi connectivity index (χ0n) is 15.5. The largest absolute Gasteiger partial charge is 0.350 e. The summed E-state index contributed by atoms with van der Waals surface area (Å²) in [4.78, 5) is 25.5. The fourth-order valence-electron chi connectivity index (χ4n) is 3.06. The lowest BCUT2D eigenvalue weighted by Gasteiger charge is -2.08. The molecule has 136 valence electrons. The van der Waals surface area contributed by atoms with Gasteiger partial charge in [-0.15, -0.1) is 5.10 Å². The molecule has 0 aliphatic rings. The van der Waals surface area contributed by atoms with Crippen LogP contribution < -0.4 is 11.2 Å². The van der Waals surface area contributed by atoms with Crippen molar-refractivity contribution >= 4 is 5.65 Å². The summed E-state index contributed by atoms with van der Waals surface area (Å²) in [6, 6.07) is 13.7. The molecule has 2 aromatic carbocycles. The summed E-state index contributed by atoms with van der Waals surface area (Å²) in [7, 11) is 0. The topological polar surface area (TPSA) is 61.3 Å². The average Bonchev–Trinajstić information content (AvgIpc) is 2.97. The molecule has 0 unspecified atom stereocenters. The van der Waals surface area contributed by atoms with E-state index < -0.39 is 0 Å². The van der Waals surface area contributed by atoms with Gasteiger partial charge in [0.15, 0.2) is 0 Å². The molecule has 2 aromatic heterocycles. The second-order valence-corrected chi connectivity index (χ2v) is 6.86. The first-order chi connectivity index (χ1) is 12.9. The normalized spacial score (nSPS) is 11.2. The molecule has 6 heteroatoms. The average molecular weight is 360 g/mol. The van der Waals surface area contributed by atoms with Crippen LogP contribution in [-0.2, 0) is 6.54 Å². The van der Waals surface area contributed by atoms with Gasteiger partial charge in [-0.25, -0.2) is 13.9 Å². The number of nitrogens with zero attached hydrogens (tertiary/aromatic N) is 4. The van der Waals surface area contributed by atoms with Crippen LogP contribution in [0.15, 0.2) is 64.4 Å². The van der Waals surface area contributed by atoms with Crippen molar-refractivity contribution in [3.8, 4) is 5.69 Å². The maximum Gasteiger partial charge on any atom is 0.350 e. The van der Waals surface area contributed by atoms with E-state index in [4.69, 9.17) is 0 Å². The highest BCUT2D eigenvalue weighted by molar-refractivity contribution is 5.43. The molecule has 4 aromatic rings. The van der Waals surface area contributed by atoms with Gasteiger partial charge in [0, 0.05) is 18.1 Å². The van der Waals surface area contributed by atoms with Crippen LogP contribution in [0.1, 0.15) is 22.3 Å². The number of hydrogen-bond donors (Lipinski definition) is 0. The van der Waals surface area contributed by atoms with Crippen molar-refractivity contribution in [2.24, 2.45) is 0 Å². The Morgan fingerprint density at radius 1 is 0.889 bits per heavy atom. The molecule has 6 nitrogen and oxygen atoms in total. The lowest BCUT2D eigenvalue weighted by molar-refractivity contribution is 0.658. The van der Waals surface area contributed by atoms with Gasteiger partial charge in [0.1, 0.15) is 0 Å². The minimum atomic E-state index is -0.324. The molecule has 0 bridgehead atoms. The maximum atomic E-state index is 12.9. The van der Waals surface area contributed by atoms with E-state index in [1.165, 1.54) is 13.6 Å². The fraction of sp³-hybridized carbons (Fsp3) is 0.190. The van der Waals surface area contributed by atoms with Crippen LogP contribution in [-0.4, -0.2) is 18.7 Å². The maximum absolute atomic E-state index is 12.9. The van der Waals surface area contributed by atoms with E-state index in [2.05, 4.69) is 5.10 Å². The Morgan fingerprint density at radius 3 is 2.33 bits per heavy atom. The summed E-state index contributed by atoms with van der Waals surface area (Å²) in [6.07, 6.45) is 3.20. The third-order valence-corrected chi connectivity index (χ3v) is 4.87. The predicted molar refractivity (Wildman–Crippen MR) is 105 cm³/mol. The minimum Gasteiger partial charge on any atom is -0.280 e. The van der Waals surface area contributed by atoms with Crippen LogP contribution in [0.3, 0.4) is 0 Å². The van der Waals surface area contributed by atoms with Gasteiger partial charge in [-0.3, -0.25) is 9.36 Å². The van der Waals surface area contributed by atoms with Crippen LogP contribution in [0.4, 0.5) is 0 Å². The van der Waals surface area contributed by atoms with Crippen LogP contribution in [0, 0.1) is 20.8 Å². The van der Waals surface area contributed by atoms with Gasteiger partial charge in [-0.1, -0.05) is 35.9 Å².